The summed E-state index contributed by atoms with van der Waals surface area (Å²) in [6.45, 7) is 4.39. The number of aliphatic hydroxyl groups excluding tert-OH is 1. The Hall–Kier alpha value is -0.560. The quantitative estimate of drug-likeness (QED) is 0.509. The molecule has 0 saturated carbocycles. The summed E-state index contributed by atoms with van der Waals surface area (Å²) in [6, 6.07) is 0. The van der Waals surface area contributed by atoms with Gasteiger partial charge in [0.05, 0.1) is 0 Å². The van der Waals surface area contributed by atoms with E-state index in [0.717, 1.165) is 0 Å². The molecule has 12 heavy (non-hydrogen) atoms. The van der Waals surface area contributed by atoms with E-state index < -0.39 is 11.2 Å². The van der Waals surface area contributed by atoms with Gasteiger partial charge in [-0.05, 0) is 20.3 Å². The van der Waals surface area contributed by atoms with Crippen molar-refractivity contribution in [2.24, 2.45) is 0 Å². The number of aliphatic hydroxyl groups is 3. The monoisotopic (exact) mass is 172 g/mol. The number of hydrogen-bond donors (Lipinski definition) is 3. The predicted octanol–water partition coefficient (Wildman–Crippen LogP) is -0.106. The molecule has 0 radical (unpaired) electrons. The average Bonchev–Trinajstić information content (AvgIpc) is 2.00. The SMILES string of the molecule is CCC(C)(O)C(C)(O)C#CCO. The Balaban J connectivity index is 4.59. The van der Waals surface area contributed by atoms with Crippen molar-refractivity contribution < 1.29 is 15.3 Å². The lowest BCUT2D eigenvalue weighted by molar-refractivity contribution is -0.0967. The second kappa shape index (κ2) is 3.90. The molecule has 2 unspecified atom stereocenters. The summed E-state index contributed by atoms with van der Waals surface area (Å²) >= 11 is 0. The fourth-order valence-corrected chi connectivity index (χ4v) is 0.691. The molecule has 0 saturated heterocycles. The van der Waals surface area contributed by atoms with Gasteiger partial charge in [-0.15, -0.1) is 0 Å². The topological polar surface area (TPSA) is 60.7 Å². The van der Waals surface area contributed by atoms with Crippen molar-refractivity contribution in [3.05, 3.63) is 0 Å². The van der Waals surface area contributed by atoms with Gasteiger partial charge in [-0.3, -0.25) is 0 Å². The van der Waals surface area contributed by atoms with Crippen LogP contribution in [-0.4, -0.2) is 33.1 Å². The Bertz CT molecular complexity index is 196. The second-order valence-electron chi connectivity index (χ2n) is 3.16. The first-order chi connectivity index (χ1) is 5.37. The molecule has 0 amide bonds. The second-order valence-corrected chi connectivity index (χ2v) is 3.16. The standard InChI is InChI=1S/C9H16O3/c1-4-8(2,11)9(3,12)6-5-7-10/h10-12H,4,7H2,1-3H3. The molecular weight excluding hydrogens is 156 g/mol. The van der Waals surface area contributed by atoms with E-state index in [2.05, 4.69) is 11.8 Å². The highest BCUT2D eigenvalue weighted by molar-refractivity contribution is 5.18. The average molecular weight is 172 g/mol. The maximum absolute atomic E-state index is 9.64. The molecule has 0 spiro atoms. The van der Waals surface area contributed by atoms with Crippen molar-refractivity contribution >= 4 is 0 Å². The molecule has 0 heterocycles. The first-order valence-corrected chi connectivity index (χ1v) is 3.93. The van der Waals surface area contributed by atoms with Crippen LogP contribution in [0.15, 0.2) is 0 Å². The molecule has 0 aromatic heterocycles. The molecule has 0 aliphatic carbocycles. The lowest BCUT2D eigenvalue weighted by Gasteiger charge is -2.33. The van der Waals surface area contributed by atoms with Gasteiger partial charge in [-0.1, -0.05) is 18.8 Å². The highest BCUT2D eigenvalue weighted by Crippen LogP contribution is 2.24. The number of rotatable bonds is 2. The third-order valence-corrected chi connectivity index (χ3v) is 2.15. The van der Waals surface area contributed by atoms with Gasteiger partial charge in [0.1, 0.15) is 12.2 Å². The predicted molar refractivity (Wildman–Crippen MR) is 46.4 cm³/mol. The van der Waals surface area contributed by atoms with Gasteiger partial charge in [0.15, 0.2) is 5.60 Å². The Morgan fingerprint density at radius 1 is 1.25 bits per heavy atom. The van der Waals surface area contributed by atoms with Crippen LogP contribution in [-0.2, 0) is 0 Å². The Labute approximate surface area is 73.0 Å². The van der Waals surface area contributed by atoms with E-state index in [1.165, 1.54) is 13.8 Å². The van der Waals surface area contributed by atoms with Crippen molar-refractivity contribution in [1.82, 2.24) is 0 Å². The molecule has 0 fully saturated rings. The van der Waals surface area contributed by atoms with Gasteiger partial charge in [-0.2, -0.15) is 0 Å². The normalized spacial score (nSPS) is 20.2. The van der Waals surface area contributed by atoms with Crippen LogP contribution in [0, 0.1) is 11.8 Å². The van der Waals surface area contributed by atoms with Gasteiger partial charge < -0.3 is 15.3 Å². The zero-order valence-electron chi connectivity index (χ0n) is 7.76. The molecule has 3 nitrogen and oxygen atoms in total. The van der Waals surface area contributed by atoms with E-state index >= 15 is 0 Å². The summed E-state index contributed by atoms with van der Waals surface area (Å²) in [5.41, 5.74) is -2.71. The highest BCUT2D eigenvalue weighted by atomic mass is 16.4. The molecule has 0 bridgehead atoms. The molecule has 0 rings (SSSR count). The molecule has 0 aromatic carbocycles. The Kier molecular flexibility index (Phi) is 3.72. The fourth-order valence-electron chi connectivity index (χ4n) is 0.691. The molecule has 3 heteroatoms. The summed E-state index contributed by atoms with van der Waals surface area (Å²) in [7, 11) is 0. The van der Waals surface area contributed by atoms with Crippen molar-refractivity contribution in [2.75, 3.05) is 6.61 Å². The van der Waals surface area contributed by atoms with E-state index in [9.17, 15) is 10.2 Å². The summed E-state index contributed by atoms with van der Waals surface area (Å²) in [4.78, 5) is 0. The van der Waals surface area contributed by atoms with E-state index in [0.29, 0.717) is 6.42 Å². The van der Waals surface area contributed by atoms with Crippen molar-refractivity contribution in [3.63, 3.8) is 0 Å². The van der Waals surface area contributed by atoms with E-state index in [1.807, 2.05) is 0 Å². The minimum atomic E-state index is -1.47. The first kappa shape index (κ1) is 11.4. The molecule has 70 valence electrons. The molecule has 2 atom stereocenters. The van der Waals surface area contributed by atoms with E-state index in [-0.39, 0.29) is 6.61 Å². The molecule has 0 aliphatic heterocycles. The van der Waals surface area contributed by atoms with Crippen molar-refractivity contribution in [1.29, 1.82) is 0 Å². The molecule has 0 aromatic rings. The van der Waals surface area contributed by atoms with Crippen LogP contribution in [0.2, 0.25) is 0 Å². The fraction of sp³-hybridized carbons (Fsp3) is 0.778. The van der Waals surface area contributed by atoms with Crippen LogP contribution < -0.4 is 0 Å². The van der Waals surface area contributed by atoms with Gasteiger partial charge in [0.25, 0.3) is 0 Å². The number of hydrogen-bond acceptors (Lipinski definition) is 3. The minimum absolute atomic E-state index is 0.310. The van der Waals surface area contributed by atoms with E-state index in [1.54, 1.807) is 6.92 Å². The van der Waals surface area contributed by atoms with Crippen molar-refractivity contribution in [2.45, 2.75) is 38.4 Å². The van der Waals surface area contributed by atoms with Crippen LogP contribution in [0.25, 0.3) is 0 Å². The van der Waals surface area contributed by atoms with Crippen LogP contribution in [0.4, 0.5) is 0 Å². The van der Waals surface area contributed by atoms with Crippen LogP contribution in [0.1, 0.15) is 27.2 Å². The lowest BCUT2D eigenvalue weighted by atomic mass is 9.84. The molecule has 0 aliphatic rings. The van der Waals surface area contributed by atoms with Crippen LogP contribution in [0.5, 0.6) is 0 Å². The van der Waals surface area contributed by atoms with Crippen LogP contribution >= 0.6 is 0 Å². The zero-order valence-corrected chi connectivity index (χ0v) is 7.76. The summed E-state index contributed by atoms with van der Waals surface area (Å²) < 4.78 is 0. The van der Waals surface area contributed by atoms with Gasteiger partial charge >= 0.3 is 0 Å². The van der Waals surface area contributed by atoms with Crippen LogP contribution in [0.3, 0.4) is 0 Å². The smallest absolute Gasteiger partial charge is 0.150 e. The summed E-state index contributed by atoms with van der Waals surface area (Å²) in [5.74, 6) is 4.73. The third kappa shape index (κ3) is 2.49. The molecular formula is C9H16O3. The minimum Gasteiger partial charge on any atom is -0.386 e. The summed E-state index contributed by atoms with van der Waals surface area (Å²) in [5, 5.41) is 27.7. The van der Waals surface area contributed by atoms with Gasteiger partial charge in [-0.25, -0.2) is 0 Å². The largest absolute Gasteiger partial charge is 0.386 e. The lowest BCUT2D eigenvalue weighted by Crippen LogP contribution is -2.48. The van der Waals surface area contributed by atoms with E-state index in [4.69, 9.17) is 5.11 Å². The highest BCUT2D eigenvalue weighted by Gasteiger charge is 2.38. The first-order valence-electron chi connectivity index (χ1n) is 3.93. The maximum Gasteiger partial charge on any atom is 0.150 e. The van der Waals surface area contributed by atoms with Crippen molar-refractivity contribution in [3.8, 4) is 11.8 Å². The Morgan fingerprint density at radius 3 is 2.08 bits per heavy atom. The summed E-state index contributed by atoms with van der Waals surface area (Å²) in [6.07, 6.45) is 0.403. The maximum atomic E-state index is 9.64. The van der Waals surface area contributed by atoms with Gasteiger partial charge in [0.2, 0.25) is 0 Å². The Morgan fingerprint density at radius 2 is 1.75 bits per heavy atom. The van der Waals surface area contributed by atoms with Gasteiger partial charge in [0, 0.05) is 0 Å². The third-order valence-electron chi connectivity index (χ3n) is 2.15. The zero-order chi connectivity index (χ0) is 9.83. The molecule has 3 N–H and O–H groups in total.